The molecule has 0 aromatic heterocycles. The molecule has 1 saturated heterocycles. The second-order valence-corrected chi connectivity index (χ2v) is 5.34. The zero-order chi connectivity index (χ0) is 14.1. The number of ether oxygens (including phenoxy) is 3. The van der Waals surface area contributed by atoms with Gasteiger partial charge in [0.15, 0.2) is 0 Å². The van der Waals surface area contributed by atoms with E-state index in [1.807, 2.05) is 6.92 Å². The Bertz CT molecular complexity index is 245. The summed E-state index contributed by atoms with van der Waals surface area (Å²) in [6.45, 7) is 7.30. The predicted molar refractivity (Wildman–Crippen MR) is 74.1 cm³/mol. The van der Waals surface area contributed by atoms with Crippen LogP contribution in [0.15, 0.2) is 0 Å². The Morgan fingerprint density at radius 1 is 1.16 bits per heavy atom. The number of rotatable bonds is 8. The van der Waals surface area contributed by atoms with E-state index in [1.54, 1.807) is 0 Å². The highest BCUT2D eigenvalue weighted by Gasteiger charge is 2.24. The molecule has 1 fully saturated rings. The molecule has 1 rings (SSSR count). The highest BCUT2D eigenvalue weighted by atomic mass is 16.5. The lowest BCUT2D eigenvalue weighted by atomic mass is 10.0. The van der Waals surface area contributed by atoms with Crippen molar-refractivity contribution in [3.05, 3.63) is 0 Å². The molecule has 19 heavy (non-hydrogen) atoms. The maximum absolute atomic E-state index is 11.1. The number of unbranched alkanes of at least 4 members (excludes halogenated alkanes) is 2. The molecule has 2 atom stereocenters. The molecule has 4 heteroatoms. The SMILES string of the molecule is CCOC(=O)CCCCCOC1CC(C)OC(C)C1. The molecule has 0 aromatic rings. The summed E-state index contributed by atoms with van der Waals surface area (Å²) in [5, 5.41) is 0. The second-order valence-electron chi connectivity index (χ2n) is 5.34. The molecular formula is C15H28O4. The average molecular weight is 272 g/mol. The Hall–Kier alpha value is -0.610. The Balaban J connectivity index is 1.97. The van der Waals surface area contributed by atoms with Gasteiger partial charge in [-0.3, -0.25) is 4.79 Å². The Morgan fingerprint density at radius 2 is 1.84 bits per heavy atom. The van der Waals surface area contributed by atoms with Crippen LogP contribution in [0.25, 0.3) is 0 Å². The van der Waals surface area contributed by atoms with Gasteiger partial charge >= 0.3 is 5.97 Å². The fraction of sp³-hybridized carbons (Fsp3) is 0.933. The number of esters is 1. The van der Waals surface area contributed by atoms with Crippen molar-refractivity contribution in [2.75, 3.05) is 13.2 Å². The van der Waals surface area contributed by atoms with Gasteiger partial charge in [-0.05, 0) is 46.5 Å². The van der Waals surface area contributed by atoms with Crippen molar-refractivity contribution in [3.63, 3.8) is 0 Å². The summed E-state index contributed by atoms with van der Waals surface area (Å²) in [7, 11) is 0. The van der Waals surface area contributed by atoms with Crippen molar-refractivity contribution < 1.29 is 19.0 Å². The number of carbonyl (C=O) groups excluding carboxylic acids is 1. The quantitative estimate of drug-likeness (QED) is 0.503. The van der Waals surface area contributed by atoms with Crippen LogP contribution in [-0.2, 0) is 19.0 Å². The molecule has 1 aliphatic rings. The molecule has 0 aliphatic carbocycles. The third-order valence-corrected chi connectivity index (χ3v) is 3.34. The van der Waals surface area contributed by atoms with E-state index in [4.69, 9.17) is 14.2 Å². The van der Waals surface area contributed by atoms with Crippen LogP contribution in [0.3, 0.4) is 0 Å². The van der Waals surface area contributed by atoms with Crippen LogP contribution in [0.5, 0.6) is 0 Å². The normalized spacial score (nSPS) is 27.2. The van der Waals surface area contributed by atoms with Gasteiger partial charge in [0.25, 0.3) is 0 Å². The smallest absolute Gasteiger partial charge is 0.305 e. The third-order valence-electron chi connectivity index (χ3n) is 3.34. The molecule has 0 amide bonds. The summed E-state index contributed by atoms with van der Waals surface area (Å²) in [6.07, 6.45) is 6.38. The van der Waals surface area contributed by atoms with E-state index in [-0.39, 0.29) is 5.97 Å². The van der Waals surface area contributed by atoms with Crippen LogP contribution in [0.4, 0.5) is 0 Å². The maximum atomic E-state index is 11.1. The molecule has 4 nitrogen and oxygen atoms in total. The first-order valence-corrected chi connectivity index (χ1v) is 7.54. The number of carbonyl (C=O) groups is 1. The average Bonchev–Trinajstić information content (AvgIpc) is 2.32. The largest absolute Gasteiger partial charge is 0.466 e. The van der Waals surface area contributed by atoms with Crippen molar-refractivity contribution in [2.24, 2.45) is 0 Å². The highest BCUT2D eigenvalue weighted by Crippen LogP contribution is 2.21. The van der Waals surface area contributed by atoms with Gasteiger partial charge in [0, 0.05) is 13.0 Å². The fourth-order valence-electron chi connectivity index (χ4n) is 2.51. The van der Waals surface area contributed by atoms with Crippen LogP contribution in [0, 0.1) is 0 Å². The lowest BCUT2D eigenvalue weighted by Gasteiger charge is -2.32. The molecule has 1 aliphatic heterocycles. The van der Waals surface area contributed by atoms with Crippen molar-refractivity contribution in [1.82, 2.24) is 0 Å². The third kappa shape index (κ3) is 7.53. The van der Waals surface area contributed by atoms with Crippen LogP contribution in [0.1, 0.15) is 59.3 Å². The second kappa shape index (κ2) is 9.32. The minimum atomic E-state index is -0.0875. The Labute approximate surface area is 116 Å². The van der Waals surface area contributed by atoms with Gasteiger partial charge in [0.05, 0.1) is 24.9 Å². The van der Waals surface area contributed by atoms with Crippen LogP contribution in [0.2, 0.25) is 0 Å². The molecule has 0 spiro atoms. The van der Waals surface area contributed by atoms with Crippen LogP contribution < -0.4 is 0 Å². The standard InChI is InChI=1S/C15H28O4/c1-4-17-15(16)8-6-5-7-9-18-14-10-12(2)19-13(3)11-14/h12-14H,4-11H2,1-3H3. The van der Waals surface area contributed by atoms with Gasteiger partial charge < -0.3 is 14.2 Å². The fourth-order valence-corrected chi connectivity index (χ4v) is 2.51. The van der Waals surface area contributed by atoms with Crippen molar-refractivity contribution >= 4 is 5.97 Å². The number of hydrogen-bond donors (Lipinski definition) is 0. The Morgan fingerprint density at radius 3 is 2.47 bits per heavy atom. The van der Waals surface area contributed by atoms with Crippen molar-refractivity contribution in [3.8, 4) is 0 Å². The van der Waals surface area contributed by atoms with E-state index in [9.17, 15) is 4.79 Å². The summed E-state index contributed by atoms with van der Waals surface area (Å²) in [5.41, 5.74) is 0. The summed E-state index contributed by atoms with van der Waals surface area (Å²) in [5.74, 6) is -0.0875. The predicted octanol–water partition coefficient (Wildman–Crippen LogP) is 3.08. The highest BCUT2D eigenvalue weighted by molar-refractivity contribution is 5.69. The van der Waals surface area contributed by atoms with Gasteiger partial charge in [0.2, 0.25) is 0 Å². The van der Waals surface area contributed by atoms with Gasteiger partial charge in [0.1, 0.15) is 0 Å². The monoisotopic (exact) mass is 272 g/mol. The van der Waals surface area contributed by atoms with E-state index in [2.05, 4.69) is 13.8 Å². The molecule has 1 heterocycles. The van der Waals surface area contributed by atoms with Gasteiger partial charge in [-0.1, -0.05) is 6.42 Å². The molecule has 0 radical (unpaired) electrons. The molecule has 112 valence electrons. The van der Waals surface area contributed by atoms with E-state index in [0.29, 0.717) is 31.3 Å². The Kier molecular flexibility index (Phi) is 8.07. The molecule has 0 saturated carbocycles. The van der Waals surface area contributed by atoms with Crippen molar-refractivity contribution in [2.45, 2.75) is 77.6 Å². The summed E-state index contributed by atoms with van der Waals surface area (Å²) >= 11 is 0. The topological polar surface area (TPSA) is 44.8 Å². The summed E-state index contributed by atoms with van der Waals surface area (Å²) in [6, 6.07) is 0. The first-order chi connectivity index (χ1) is 9.11. The van der Waals surface area contributed by atoms with E-state index < -0.39 is 0 Å². The molecule has 0 N–H and O–H groups in total. The van der Waals surface area contributed by atoms with E-state index in [0.717, 1.165) is 38.7 Å². The molecule has 2 unspecified atom stereocenters. The summed E-state index contributed by atoms with van der Waals surface area (Å²) in [4.78, 5) is 11.1. The lowest BCUT2D eigenvalue weighted by molar-refractivity contribution is -0.143. The first-order valence-electron chi connectivity index (χ1n) is 7.54. The van der Waals surface area contributed by atoms with Gasteiger partial charge in [-0.15, -0.1) is 0 Å². The maximum Gasteiger partial charge on any atom is 0.305 e. The van der Waals surface area contributed by atoms with Gasteiger partial charge in [-0.25, -0.2) is 0 Å². The molecular weight excluding hydrogens is 244 g/mol. The number of hydrogen-bond acceptors (Lipinski definition) is 4. The van der Waals surface area contributed by atoms with Gasteiger partial charge in [-0.2, -0.15) is 0 Å². The van der Waals surface area contributed by atoms with Crippen LogP contribution >= 0.6 is 0 Å². The first kappa shape index (κ1) is 16.4. The van der Waals surface area contributed by atoms with E-state index >= 15 is 0 Å². The minimum Gasteiger partial charge on any atom is -0.466 e. The van der Waals surface area contributed by atoms with Crippen LogP contribution in [-0.4, -0.2) is 37.5 Å². The zero-order valence-electron chi connectivity index (χ0n) is 12.5. The van der Waals surface area contributed by atoms with E-state index in [1.165, 1.54) is 0 Å². The minimum absolute atomic E-state index is 0.0875. The molecule has 0 bridgehead atoms. The zero-order valence-corrected chi connectivity index (χ0v) is 12.5. The lowest BCUT2D eigenvalue weighted by Crippen LogP contribution is -2.34. The summed E-state index contributed by atoms with van der Waals surface area (Å²) < 4.78 is 16.4. The van der Waals surface area contributed by atoms with Crippen molar-refractivity contribution in [1.29, 1.82) is 0 Å². The molecule has 0 aromatic carbocycles.